The Morgan fingerprint density at radius 3 is 2.38 bits per heavy atom. The average Bonchev–Trinajstić information content (AvgIpc) is 3.41. The van der Waals surface area contributed by atoms with Gasteiger partial charge in [0.05, 0.1) is 17.8 Å². The number of alkyl halides is 3. The van der Waals surface area contributed by atoms with Gasteiger partial charge < -0.3 is 4.74 Å². The zero-order valence-electron chi connectivity index (χ0n) is 15.0. The van der Waals surface area contributed by atoms with E-state index in [-0.39, 0.29) is 25.1 Å². The van der Waals surface area contributed by atoms with Gasteiger partial charge in [-0.1, -0.05) is 11.6 Å². The van der Waals surface area contributed by atoms with Crippen LogP contribution >= 0.6 is 23.4 Å². The molecule has 0 radical (unpaired) electrons. The van der Waals surface area contributed by atoms with Gasteiger partial charge in [-0.3, -0.25) is 14.2 Å². The van der Waals surface area contributed by atoms with Crippen LogP contribution in [0.1, 0.15) is 18.5 Å². The SMILES string of the molecule is COC(=O)C1(Sc2cc(-n3c(=O)cc(C(F)(F)F)n(C)c3=O)c(F)cc2Cl)CC1. The number of ether oxygens (including phenoxy) is 1. The quantitative estimate of drug-likeness (QED) is 0.526. The summed E-state index contributed by atoms with van der Waals surface area (Å²) in [4.78, 5) is 36.8. The van der Waals surface area contributed by atoms with Gasteiger partial charge in [0.15, 0.2) is 0 Å². The first-order chi connectivity index (χ1) is 13.4. The van der Waals surface area contributed by atoms with Crippen LogP contribution in [0.2, 0.25) is 5.02 Å². The van der Waals surface area contributed by atoms with E-state index in [0.29, 0.717) is 12.8 Å². The molecule has 0 N–H and O–H groups in total. The Hall–Kier alpha value is -2.27. The first-order valence-corrected chi connectivity index (χ1v) is 9.28. The number of benzene rings is 1. The van der Waals surface area contributed by atoms with Gasteiger partial charge in [-0.2, -0.15) is 13.2 Å². The van der Waals surface area contributed by atoms with E-state index in [2.05, 4.69) is 0 Å². The standard InChI is InChI=1S/C17H13ClF4N2O4S/c1-23-12(17(20,21)22)7-13(25)24(15(23)27)10-6-11(8(18)5-9(10)19)29-16(3-4-16)14(26)28-2/h5-7H,3-4H2,1-2H3. The number of hydrogen-bond acceptors (Lipinski definition) is 5. The molecule has 1 aromatic heterocycles. The number of esters is 1. The van der Waals surface area contributed by atoms with Gasteiger partial charge in [0, 0.05) is 18.0 Å². The summed E-state index contributed by atoms with van der Waals surface area (Å²) < 4.78 is 57.8. The molecule has 12 heteroatoms. The Kier molecular flexibility index (Phi) is 5.33. The zero-order valence-corrected chi connectivity index (χ0v) is 16.5. The molecule has 1 fully saturated rings. The Balaban J connectivity index is 2.16. The fourth-order valence-corrected chi connectivity index (χ4v) is 4.23. The largest absolute Gasteiger partial charge is 0.468 e. The van der Waals surface area contributed by atoms with Gasteiger partial charge in [-0.25, -0.2) is 13.8 Å². The lowest BCUT2D eigenvalue weighted by Crippen LogP contribution is -2.41. The normalized spacial score (nSPS) is 15.3. The van der Waals surface area contributed by atoms with Crippen LogP contribution in [-0.4, -0.2) is 27.0 Å². The summed E-state index contributed by atoms with van der Waals surface area (Å²) in [5.41, 5.74) is -4.77. The van der Waals surface area contributed by atoms with Crippen molar-refractivity contribution in [3.05, 3.63) is 55.6 Å². The molecule has 0 amide bonds. The molecule has 0 bridgehead atoms. The number of hydrogen-bond donors (Lipinski definition) is 0. The van der Waals surface area contributed by atoms with E-state index in [1.54, 1.807) is 0 Å². The summed E-state index contributed by atoms with van der Waals surface area (Å²) >= 11 is 7.01. The van der Waals surface area contributed by atoms with Crippen LogP contribution in [0.4, 0.5) is 17.6 Å². The van der Waals surface area contributed by atoms with Crippen LogP contribution in [0.25, 0.3) is 5.69 Å². The van der Waals surface area contributed by atoms with Gasteiger partial charge in [0.2, 0.25) is 0 Å². The second kappa shape index (κ2) is 7.21. The molecule has 156 valence electrons. The van der Waals surface area contributed by atoms with Crippen LogP contribution in [0.15, 0.2) is 32.7 Å². The zero-order chi connectivity index (χ0) is 21.7. The fraction of sp³-hybridized carbons (Fsp3) is 0.353. The number of rotatable bonds is 4. The summed E-state index contributed by atoms with van der Waals surface area (Å²) in [6.45, 7) is 0. The van der Waals surface area contributed by atoms with Crippen LogP contribution < -0.4 is 11.2 Å². The van der Waals surface area contributed by atoms with E-state index in [1.165, 1.54) is 7.11 Å². The lowest BCUT2D eigenvalue weighted by molar-refractivity contribution is -0.144. The number of aromatic nitrogens is 2. The third kappa shape index (κ3) is 3.80. The predicted molar refractivity (Wildman–Crippen MR) is 97.1 cm³/mol. The molecule has 0 unspecified atom stereocenters. The second-order valence-corrected chi connectivity index (χ2v) is 8.20. The molecular weight excluding hydrogens is 440 g/mol. The highest BCUT2D eigenvalue weighted by atomic mass is 35.5. The molecule has 1 aromatic carbocycles. The first kappa shape index (κ1) is 21.4. The van der Waals surface area contributed by atoms with Gasteiger partial charge in [0.1, 0.15) is 16.3 Å². The fourth-order valence-electron chi connectivity index (χ4n) is 2.75. The number of methoxy groups -OCH3 is 1. The van der Waals surface area contributed by atoms with Crippen molar-refractivity contribution >= 4 is 29.3 Å². The van der Waals surface area contributed by atoms with Crippen molar-refractivity contribution in [2.75, 3.05) is 7.11 Å². The van der Waals surface area contributed by atoms with E-state index in [1.807, 2.05) is 0 Å². The maximum Gasteiger partial charge on any atom is 0.431 e. The van der Waals surface area contributed by atoms with Crippen LogP contribution in [0.3, 0.4) is 0 Å². The van der Waals surface area contributed by atoms with Gasteiger partial charge in [-0.15, -0.1) is 11.8 Å². The summed E-state index contributed by atoms with van der Waals surface area (Å²) in [7, 11) is 2.03. The summed E-state index contributed by atoms with van der Waals surface area (Å²) in [6, 6.07) is 2.09. The smallest absolute Gasteiger partial charge is 0.431 e. The molecular formula is C17H13ClF4N2O4S. The van der Waals surface area contributed by atoms with E-state index in [0.717, 1.165) is 30.9 Å². The summed E-state index contributed by atoms with van der Waals surface area (Å²) in [5, 5.41) is -0.0804. The number of nitrogens with zero attached hydrogens (tertiary/aromatic N) is 2. The minimum Gasteiger partial charge on any atom is -0.468 e. The van der Waals surface area contributed by atoms with Crippen molar-refractivity contribution in [2.45, 2.75) is 28.7 Å². The van der Waals surface area contributed by atoms with Crippen molar-refractivity contribution in [1.82, 2.24) is 9.13 Å². The van der Waals surface area contributed by atoms with Crippen molar-refractivity contribution in [2.24, 2.45) is 7.05 Å². The molecule has 1 aliphatic carbocycles. The predicted octanol–water partition coefficient (Wildman–Crippen LogP) is 3.15. The monoisotopic (exact) mass is 452 g/mol. The van der Waals surface area contributed by atoms with Gasteiger partial charge >= 0.3 is 17.8 Å². The average molecular weight is 453 g/mol. The number of carbonyl (C=O) groups excluding carboxylic acids is 1. The molecule has 0 saturated heterocycles. The third-order valence-corrected chi connectivity index (χ3v) is 6.37. The minimum absolute atomic E-state index is 0.0804. The van der Waals surface area contributed by atoms with Crippen molar-refractivity contribution < 1.29 is 27.1 Å². The molecule has 0 spiro atoms. The Bertz CT molecular complexity index is 1120. The van der Waals surface area contributed by atoms with Crippen molar-refractivity contribution in [3.8, 4) is 5.69 Å². The highest BCUT2D eigenvalue weighted by molar-refractivity contribution is 8.01. The topological polar surface area (TPSA) is 70.3 Å². The van der Waals surface area contributed by atoms with Crippen LogP contribution in [0, 0.1) is 5.82 Å². The lowest BCUT2D eigenvalue weighted by Gasteiger charge is -2.17. The highest BCUT2D eigenvalue weighted by Crippen LogP contribution is 2.54. The summed E-state index contributed by atoms with van der Waals surface area (Å²) in [5.74, 6) is -1.59. The number of halogens is 5. The summed E-state index contributed by atoms with van der Waals surface area (Å²) in [6.07, 6.45) is -3.98. The molecule has 29 heavy (non-hydrogen) atoms. The maximum absolute atomic E-state index is 14.5. The van der Waals surface area contributed by atoms with Gasteiger partial charge in [0.25, 0.3) is 5.56 Å². The molecule has 6 nitrogen and oxygen atoms in total. The first-order valence-electron chi connectivity index (χ1n) is 8.08. The Morgan fingerprint density at radius 2 is 1.86 bits per heavy atom. The molecule has 0 atom stereocenters. The third-order valence-electron chi connectivity index (χ3n) is 4.42. The Morgan fingerprint density at radius 1 is 1.24 bits per heavy atom. The molecule has 2 aromatic rings. The lowest BCUT2D eigenvalue weighted by atomic mass is 10.3. The van der Waals surface area contributed by atoms with E-state index >= 15 is 0 Å². The molecule has 1 saturated carbocycles. The van der Waals surface area contributed by atoms with Gasteiger partial charge in [-0.05, 0) is 25.0 Å². The van der Waals surface area contributed by atoms with Crippen molar-refractivity contribution in [3.63, 3.8) is 0 Å². The number of carbonyl (C=O) groups is 1. The second-order valence-electron chi connectivity index (χ2n) is 6.36. The van der Waals surface area contributed by atoms with Crippen LogP contribution in [-0.2, 0) is 22.8 Å². The highest BCUT2D eigenvalue weighted by Gasteiger charge is 2.52. The van der Waals surface area contributed by atoms with Crippen LogP contribution in [0.5, 0.6) is 0 Å². The van der Waals surface area contributed by atoms with E-state index in [9.17, 15) is 31.9 Å². The molecule has 1 heterocycles. The minimum atomic E-state index is -4.94. The van der Waals surface area contributed by atoms with E-state index in [4.69, 9.17) is 16.3 Å². The molecule has 3 rings (SSSR count). The molecule has 1 aliphatic rings. The van der Waals surface area contributed by atoms with Crippen molar-refractivity contribution in [1.29, 1.82) is 0 Å². The van der Waals surface area contributed by atoms with E-state index < -0.39 is 45.3 Å². The maximum atomic E-state index is 14.5. The number of thioether (sulfide) groups is 1. The Labute approximate surface area is 170 Å². The molecule has 0 aliphatic heterocycles.